The fourth-order valence-electron chi connectivity index (χ4n) is 3.81. The lowest BCUT2D eigenvalue weighted by molar-refractivity contribution is -0.117. The molecule has 1 aliphatic rings. The average molecular weight is 440 g/mol. The molecule has 0 unspecified atom stereocenters. The number of fused-ring (bicyclic) bond motifs is 1. The van der Waals surface area contributed by atoms with E-state index in [1.54, 1.807) is 35.2 Å². The van der Waals surface area contributed by atoms with Gasteiger partial charge in [-0.2, -0.15) is 0 Å². The van der Waals surface area contributed by atoms with Crippen LogP contribution < -0.4 is 10.1 Å². The van der Waals surface area contributed by atoms with E-state index in [1.165, 1.54) is 20.5 Å². The van der Waals surface area contributed by atoms with Crippen LogP contribution in [0.1, 0.15) is 21.0 Å². The number of rotatable bonds is 6. The summed E-state index contributed by atoms with van der Waals surface area (Å²) in [4.78, 5) is 44.1. The molecule has 1 aromatic carbocycles. The van der Waals surface area contributed by atoms with Gasteiger partial charge in [-0.05, 0) is 24.3 Å². The highest BCUT2D eigenvalue weighted by Crippen LogP contribution is 2.35. The first-order valence-electron chi connectivity index (χ1n) is 10.1. The summed E-state index contributed by atoms with van der Waals surface area (Å²) in [6.07, 6.45) is 1.47. The first kappa shape index (κ1) is 21.4. The number of amides is 2. The monoisotopic (exact) mass is 440 g/mol. The van der Waals surface area contributed by atoms with Gasteiger partial charge in [0.25, 0.3) is 5.91 Å². The Morgan fingerprint density at radius 3 is 2.53 bits per heavy atom. The molecule has 168 valence electrons. The lowest BCUT2D eigenvalue weighted by atomic mass is 10.2. The van der Waals surface area contributed by atoms with E-state index in [2.05, 4.69) is 10.3 Å². The van der Waals surface area contributed by atoms with Crippen molar-refractivity contribution in [2.45, 2.75) is 0 Å². The number of benzene rings is 1. The number of esters is 1. The summed E-state index contributed by atoms with van der Waals surface area (Å²) < 4.78 is 15.4. The number of ether oxygens (including phenoxy) is 2. The summed E-state index contributed by atoms with van der Waals surface area (Å²) in [6.45, 7) is 2.18. The van der Waals surface area contributed by atoms with Crippen molar-refractivity contribution in [2.75, 3.05) is 52.3 Å². The van der Waals surface area contributed by atoms with Crippen molar-refractivity contribution in [3.05, 3.63) is 48.0 Å². The highest BCUT2D eigenvalue weighted by Gasteiger charge is 2.26. The first-order chi connectivity index (χ1) is 15.5. The van der Waals surface area contributed by atoms with Crippen LogP contribution in [0.15, 0.2) is 41.0 Å². The Morgan fingerprint density at radius 1 is 1.09 bits per heavy atom. The largest absolute Gasteiger partial charge is 0.496 e. The molecule has 10 nitrogen and oxygen atoms in total. The molecule has 0 spiro atoms. The molecule has 1 fully saturated rings. The number of furan rings is 1. The van der Waals surface area contributed by atoms with Gasteiger partial charge in [-0.25, -0.2) is 4.79 Å². The molecule has 32 heavy (non-hydrogen) atoms. The van der Waals surface area contributed by atoms with Gasteiger partial charge in [0.1, 0.15) is 11.4 Å². The zero-order valence-electron chi connectivity index (χ0n) is 17.8. The van der Waals surface area contributed by atoms with E-state index in [0.29, 0.717) is 54.3 Å². The summed E-state index contributed by atoms with van der Waals surface area (Å²) in [5.41, 5.74) is 1.11. The van der Waals surface area contributed by atoms with E-state index in [0.717, 1.165) is 0 Å². The topological polar surface area (TPSA) is 117 Å². The van der Waals surface area contributed by atoms with Crippen LogP contribution in [-0.4, -0.2) is 79.5 Å². The van der Waals surface area contributed by atoms with E-state index >= 15 is 0 Å². The third-order valence-electron chi connectivity index (χ3n) is 5.42. The SMILES string of the molecule is COC(=O)c1[nH]c2cccc(OC)c2c1NC(=O)CN1CCN(C(=O)c2ccco2)CC1. The molecule has 0 saturated carbocycles. The van der Waals surface area contributed by atoms with Gasteiger partial charge in [-0.3, -0.25) is 14.5 Å². The standard InChI is InChI=1S/C22H24N4O6/c1-30-15-6-3-5-14-18(15)19(20(23-14)22(29)31-2)24-17(27)13-25-8-10-26(11-9-25)21(28)16-7-4-12-32-16/h3-7,12,23H,8-11,13H2,1-2H3,(H,24,27). The summed E-state index contributed by atoms with van der Waals surface area (Å²) >= 11 is 0. The molecule has 0 aliphatic carbocycles. The van der Waals surface area contributed by atoms with Crippen molar-refractivity contribution in [2.24, 2.45) is 0 Å². The Morgan fingerprint density at radius 2 is 1.88 bits per heavy atom. The molecule has 1 saturated heterocycles. The van der Waals surface area contributed by atoms with Crippen LogP contribution in [0.5, 0.6) is 5.75 Å². The maximum absolute atomic E-state index is 12.8. The van der Waals surface area contributed by atoms with Gasteiger partial charge in [0, 0.05) is 26.2 Å². The number of aromatic amines is 1. The molecule has 0 radical (unpaired) electrons. The number of aromatic nitrogens is 1. The van der Waals surface area contributed by atoms with Crippen molar-refractivity contribution < 1.29 is 28.3 Å². The normalized spacial score (nSPS) is 14.4. The smallest absolute Gasteiger partial charge is 0.356 e. The zero-order chi connectivity index (χ0) is 22.7. The summed E-state index contributed by atoms with van der Waals surface area (Å²) in [6, 6.07) is 8.64. The van der Waals surface area contributed by atoms with Gasteiger partial charge >= 0.3 is 5.97 Å². The second-order valence-electron chi connectivity index (χ2n) is 7.34. The van der Waals surface area contributed by atoms with E-state index in [4.69, 9.17) is 13.9 Å². The van der Waals surface area contributed by atoms with Crippen LogP contribution in [0, 0.1) is 0 Å². The van der Waals surface area contributed by atoms with Crippen molar-refractivity contribution in [1.82, 2.24) is 14.8 Å². The summed E-state index contributed by atoms with van der Waals surface area (Å²) in [5.74, 6) is -0.210. The van der Waals surface area contributed by atoms with Crippen LogP contribution >= 0.6 is 0 Å². The molecule has 3 aromatic rings. The predicted molar refractivity (Wildman–Crippen MR) is 116 cm³/mol. The Balaban J connectivity index is 1.44. The molecule has 4 rings (SSSR count). The van der Waals surface area contributed by atoms with Crippen LogP contribution in [0.2, 0.25) is 0 Å². The number of piperazine rings is 1. The number of methoxy groups -OCH3 is 2. The molecule has 10 heteroatoms. The molecule has 0 atom stereocenters. The van der Waals surface area contributed by atoms with Gasteiger partial charge in [-0.15, -0.1) is 0 Å². The number of nitrogens with zero attached hydrogens (tertiary/aromatic N) is 2. The van der Waals surface area contributed by atoms with Crippen molar-refractivity contribution in [3.63, 3.8) is 0 Å². The van der Waals surface area contributed by atoms with E-state index < -0.39 is 5.97 Å². The van der Waals surface area contributed by atoms with E-state index in [-0.39, 0.29) is 24.1 Å². The van der Waals surface area contributed by atoms with Gasteiger partial charge in [0.05, 0.1) is 43.6 Å². The Kier molecular flexibility index (Phi) is 6.13. The van der Waals surface area contributed by atoms with Crippen LogP contribution in [0.25, 0.3) is 10.9 Å². The number of carbonyl (C=O) groups excluding carboxylic acids is 3. The zero-order valence-corrected chi connectivity index (χ0v) is 17.8. The molecular formula is C22H24N4O6. The minimum Gasteiger partial charge on any atom is -0.496 e. The lowest BCUT2D eigenvalue weighted by Crippen LogP contribution is -2.50. The van der Waals surface area contributed by atoms with Crippen molar-refractivity contribution in [1.29, 1.82) is 0 Å². The van der Waals surface area contributed by atoms with Crippen molar-refractivity contribution >= 4 is 34.4 Å². The Labute approximate surface area is 184 Å². The minimum atomic E-state index is -0.594. The maximum Gasteiger partial charge on any atom is 0.356 e. The van der Waals surface area contributed by atoms with E-state index in [1.807, 2.05) is 4.90 Å². The van der Waals surface area contributed by atoms with E-state index in [9.17, 15) is 14.4 Å². The van der Waals surface area contributed by atoms with Gasteiger partial charge < -0.3 is 29.1 Å². The molecule has 2 amide bonds. The third-order valence-corrected chi connectivity index (χ3v) is 5.42. The lowest BCUT2D eigenvalue weighted by Gasteiger charge is -2.33. The van der Waals surface area contributed by atoms with Crippen LogP contribution in [0.3, 0.4) is 0 Å². The summed E-state index contributed by atoms with van der Waals surface area (Å²) in [7, 11) is 2.80. The quantitative estimate of drug-likeness (QED) is 0.563. The average Bonchev–Trinajstić information content (AvgIpc) is 3.47. The third kappa shape index (κ3) is 4.17. The second-order valence-corrected chi connectivity index (χ2v) is 7.34. The van der Waals surface area contributed by atoms with Crippen LogP contribution in [0.4, 0.5) is 5.69 Å². The van der Waals surface area contributed by atoms with Crippen LogP contribution in [-0.2, 0) is 9.53 Å². The fourth-order valence-corrected chi connectivity index (χ4v) is 3.81. The number of H-pyrrole nitrogens is 1. The molecule has 2 aromatic heterocycles. The predicted octanol–water partition coefficient (Wildman–Crippen LogP) is 1.95. The number of nitrogens with one attached hydrogen (secondary N) is 2. The van der Waals surface area contributed by atoms with Crippen molar-refractivity contribution in [3.8, 4) is 5.75 Å². The highest BCUT2D eigenvalue weighted by molar-refractivity contribution is 6.13. The number of anilines is 1. The Bertz CT molecular complexity index is 1130. The summed E-state index contributed by atoms with van der Waals surface area (Å²) in [5, 5.41) is 3.43. The molecular weight excluding hydrogens is 416 g/mol. The number of carbonyl (C=O) groups is 3. The van der Waals surface area contributed by atoms with Gasteiger partial charge in [-0.1, -0.05) is 6.07 Å². The molecule has 3 heterocycles. The molecule has 1 aliphatic heterocycles. The number of hydrogen-bond donors (Lipinski definition) is 2. The maximum atomic E-state index is 12.8. The number of hydrogen-bond acceptors (Lipinski definition) is 7. The minimum absolute atomic E-state index is 0.116. The second kappa shape index (κ2) is 9.15. The first-order valence-corrected chi connectivity index (χ1v) is 10.1. The Hall–Kier alpha value is -3.79. The van der Waals surface area contributed by atoms with Gasteiger partial charge in [0.2, 0.25) is 5.91 Å². The van der Waals surface area contributed by atoms with Gasteiger partial charge in [0.15, 0.2) is 5.76 Å². The molecule has 2 N–H and O–H groups in total. The highest BCUT2D eigenvalue weighted by atomic mass is 16.5. The molecule has 0 bridgehead atoms. The fraction of sp³-hybridized carbons (Fsp3) is 0.318.